The van der Waals surface area contributed by atoms with Gasteiger partial charge in [-0.05, 0) is 32.0 Å². The normalized spacial score (nSPS) is 10.4. The van der Waals surface area contributed by atoms with Gasteiger partial charge in [0.15, 0.2) is 0 Å². The number of hydrogen-bond donors (Lipinski definition) is 1. The predicted octanol–water partition coefficient (Wildman–Crippen LogP) is 2.84. The molecule has 0 radical (unpaired) electrons. The van der Waals surface area contributed by atoms with E-state index in [2.05, 4.69) is 0 Å². The first-order chi connectivity index (χ1) is 10.0. The molecule has 1 aromatic heterocycles. The third-order valence-corrected chi connectivity index (χ3v) is 3.29. The van der Waals surface area contributed by atoms with Crippen molar-refractivity contribution in [2.75, 3.05) is 19.4 Å². The number of aryl methyl sites for hydroxylation is 1. The first-order valence-electron chi connectivity index (χ1n) is 6.84. The van der Waals surface area contributed by atoms with Crippen LogP contribution < -0.4 is 10.5 Å². The Morgan fingerprint density at radius 2 is 2.14 bits per heavy atom. The number of anilines is 1. The summed E-state index contributed by atoms with van der Waals surface area (Å²) in [5.41, 5.74) is 7.74. The molecule has 21 heavy (non-hydrogen) atoms. The van der Waals surface area contributed by atoms with Gasteiger partial charge in [0.2, 0.25) is 0 Å². The first kappa shape index (κ1) is 15.0. The van der Waals surface area contributed by atoms with Crippen LogP contribution in [0.25, 0.3) is 0 Å². The van der Waals surface area contributed by atoms with Crippen molar-refractivity contribution in [3.8, 4) is 5.75 Å². The van der Waals surface area contributed by atoms with Crippen LogP contribution in [0.4, 0.5) is 5.69 Å². The van der Waals surface area contributed by atoms with E-state index in [0.29, 0.717) is 30.2 Å². The van der Waals surface area contributed by atoms with Crippen LogP contribution in [0, 0.1) is 6.92 Å². The van der Waals surface area contributed by atoms with Gasteiger partial charge in [-0.15, -0.1) is 0 Å². The number of benzene rings is 1. The molecule has 5 nitrogen and oxygen atoms in total. The van der Waals surface area contributed by atoms with Gasteiger partial charge in [0.05, 0.1) is 12.9 Å². The molecule has 0 fully saturated rings. The predicted molar refractivity (Wildman–Crippen MR) is 81.3 cm³/mol. The lowest BCUT2D eigenvalue weighted by Crippen LogP contribution is -2.27. The van der Waals surface area contributed by atoms with E-state index >= 15 is 0 Å². The number of nitrogens with two attached hydrogens (primary N) is 1. The average molecular weight is 288 g/mol. The van der Waals surface area contributed by atoms with Crippen LogP contribution in [-0.2, 0) is 6.54 Å². The minimum Gasteiger partial charge on any atom is -0.493 e. The van der Waals surface area contributed by atoms with Crippen molar-refractivity contribution in [3.63, 3.8) is 0 Å². The zero-order chi connectivity index (χ0) is 15.4. The van der Waals surface area contributed by atoms with Crippen LogP contribution in [-0.4, -0.2) is 24.5 Å². The summed E-state index contributed by atoms with van der Waals surface area (Å²) >= 11 is 0. The summed E-state index contributed by atoms with van der Waals surface area (Å²) in [6.45, 7) is 4.68. The van der Waals surface area contributed by atoms with Gasteiger partial charge in [0.1, 0.15) is 17.1 Å². The number of hydrogen-bond acceptors (Lipinski definition) is 4. The number of carbonyl (C=O) groups is 1. The quantitative estimate of drug-likeness (QED) is 0.859. The van der Waals surface area contributed by atoms with E-state index < -0.39 is 0 Å². The maximum Gasteiger partial charge on any atom is 0.259 e. The van der Waals surface area contributed by atoms with Crippen molar-refractivity contribution >= 4 is 11.6 Å². The lowest BCUT2D eigenvalue weighted by molar-refractivity contribution is 0.0781. The Kier molecular flexibility index (Phi) is 4.52. The maximum absolute atomic E-state index is 12.6. The largest absolute Gasteiger partial charge is 0.493 e. The van der Waals surface area contributed by atoms with Gasteiger partial charge in [0, 0.05) is 24.8 Å². The molecule has 0 unspecified atom stereocenters. The van der Waals surface area contributed by atoms with Crippen LogP contribution in [0.1, 0.15) is 28.6 Å². The van der Waals surface area contributed by atoms with Crippen molar-refractivity contribution in [3.05, 3.63) is 47.4 Å². The van der Waals surface area contributed by atoms with Crippen molar-refractivity contribution in [2.24, 2.45) is 0 Å². The SMILES string of the molecule is CCOc1cccc(N)c1C(=O)N(C)Cc1ccoc1C. The summed E-state index contributed by atoms with van der Waals surface area (Å²) < 4.78 is 10.8. The molecule has 0 spiro atoms. The average Bonchev–Trinajstić information content (AvgIpc) is 2.84. The summed E-state index contributed by atoms with van der Waals surface area (Å²) in [6, 6.07) is 7.09. The number of nitrogens with zero attached hydrogens (tertiary/aromatic N) is 1. The minimum atomic E-state index is -0.169. The zero-order valence-corrected chi connectivity index (χ0v) is 12.6. The summed E-state index contributed by atoms with van der Waals surface area (Å²) in [5.74, 6) is 1.15. The molecule has 0 aliphatic carbocycles. The van der Waals surface area contributed by atoms with E-state index in [1.165, 1.54) is 0 Å². The van der Waals surface area contributed by atoms with E-state index in [9.17, 15) is 4.79 Å². The highest BCUT2D eigenvalue weighted by molar-refractivity contribution is 6.01. The van der Waals surface area contributed by atoms with E-state index in [1.807, 2.05) is 19.9 Å². The van der Waals surface area contributed by atoms with Gasteiger partial charge in [-0.3, -0.25) is 4.79 Å². The van der Waals surface area contributed by atoms with Crippen molar-refractivity contribution < 1.29 is 13.9 Å². The molecule has 0 bridgehead atoms. The Morgan fingerprint density at radius 1 is 1.38 bits per heavy atom. The third kappa shape index (κ3) is 3.18. The number of carbonyl (C=O) groups excluding carboxylic acids is 1. The highest BCUT2D eigenvalue weighted by atomic mass is 16.5. The summed E-state index contributed by atoms with van der Waals surface area (Å²) in [5, 5.41) is 0. The molecule has 0 aliphatic rings. The molecule has 2 rings (SSSR count). The Labute approximate surface area is 124 Å². The molecule has 1 heterocycles. The highest BCUT2D eigenvalue weighted by Crippen LogP contribution is 2.26. The Balaban J connectivity index is 2.25. The van der Waals surface area contributed by atoms with Crippen LogP contribution in [0.2, 0.25) is 0 Å². The lowest BCUT2D eigenvalue weighted by atomic mass is 10.1. The molecular weight excluding hydrogens is 268 g/mol. The summed E-state index contributed by atoms with van der Waals surface area (Å²) in [4.78, 5) is 14.2. The number of rotatable bonds is 5. The molecule has 2 N–H and O–H groups in total. The van der Waals surface area contributed by atoms with Gasteiger partial charge >= 0.3 is 0 Å². The third-order valence-electron chi connectivity index (χ3n) is 3.29. The Morgan fingerprint density at radius 3 is 2.76 bits per heavy atom. The van der Waals surface area contributed by atoms with Gasteiger partial charge in [0.25, 0.3) is 5.91 Å². The van der Waals surface area contributed by atoms with Crippen LogP contribution >= 0.6 is 0 Å². The first-order valence-corrected chi connectivity index (χ1v) is 6.84. The second-order valence-corrected chi connectivity index (χ2v) is 4.82. The molecule has 0 aliphatic heterocycles. The fraction of sp³-hybridized carbons (Fsp3) is 0.312. The van der Waals surface area contributed by atoms with Crippen molar-refractivity contribution in [1.82, 2.24) is 4.90 Å². The lowest BCUT2D eigenvalue weighted by Gasteiger charge is -2.20. The second-order valence-electron chi connectivity index (χ2n) is 4.82. The molecule has 0 atom stereocenters. The van der Waals surface area contributed by atoms with Gasteiger partial charge in [-0.1, -0.05) is 6.07 Å². The topological polar surface area (TPSA) is 68.7 Å². The maximum atomic E-state index is 12.6. The standard InChI is InChI=1S/C16H20N2O3/c1-4-20-14-7-5-6-13(17)15(14)16(19)18(3)10-12-8-9-21-11(12)2/h5-9H,4,10,17H2,1-3H3. The molecule has 5 heteroatoms. The zero-order valence-electron chi connectivity index (χ0n) is 12.6. The van der Waals surface area contributed by atoms with Crippen LogP contribution in [0.5, 0.6) is 5.75 Å². The van der Waals surface area contributed by atoms with Gasteiger partial charge in [-0.2, -0.15) is 0 Å². The monoisotopic (exact) mass is 288 g/mol. The van der Waals surface area contributed by atoms with E-state index in [4.69, 9.17) is 14.9 Å². The number of amides is 1. The van der Waals surface area contributed by atoms with Crippen LogP contribution in [0.15, 0.2) is 34.9 Å². The van der Waals surface area contributed by atoms with Crippen molar-refractivity contribution in [2.45, 2.75) is 20.4 Å². The summed E-state index contributed by atoms with van der Waals surface area (Å²) in [6.07, 6.45) is 1.62. The molecule has 0 saturated carbocycles. The molecule has 112 valence electrons. The molecule has 2 aromatic rings. The van der Waals surface area contributed by atoms with Crippen molar-refractivity contribution in [1.29, 1.82) is 0 Å². The fourth-order valence-corrected chi connectivity index (χ4v) is 2.15. The molecule has 1 aromatic carbocycles. The second kappa shape index (κ2) is 6.35. The molecule has 0 saturated heterocycles. The fourth-order valence-electron chi connectivity index (χ4n) is 2.15. The van der Waals surface area contributed by atoms with Gasteiger partial charge in [-0.25, -0.2) is 0 Å². The molecular formula is C16H20N2O3. The molecule has 1 amide bonds. The number of nitrogen functional groups attached to an aromatic ring is 1. The smallest absolute Gasteiger partial charge is 0.259 e. The van der Waals surface area contributed by atoms with Gasteiger partial charge < -0.3 is 19.8 Å². The summed E-state index contributed by atoms with van der Waals surface area (Å²) in [7, 11) is 1.73. The Hall–Kier alpha value is -2.43. The number of ether oxygens (including phenoxy) is 1. The van der Waals surface area contributed by atoms with E-state index in [0.717, 1.165) is 11.3 Å². The highest BCUT2D eigenvalue weighted by Gasteiger charge is 2.20. The van der Waals surface area contributed by atoms with E-state index in [-0.39, 0.29) is 5.91 Å². The Bertz CT molecular complexity index is 634. The number of furan rings is 1. The minimum absolute atomic E-state index is 0.169. The van der Waals surface area contributed by atoms with Crippen LogP contribution in [0.3, 0.4) is 0 Å². The van der Waals surface area contributed by atoms with E-state index in [1.54, 1.807) is 36.4 Å².